The maximum Gasteiger partial charge on any atom is 0.125 e. The van der Waals surface area contributed by atoms with Gasteiger partial charge in [0.2, 0.25) is 0 Å². The van der Waals surface area contributed by atoms with Crippen LogP contribution in [-0.4, -0.2) is 19.1 Å². The lowest BCUT2D eigenvalue weighted by Gasteiger charge is -2.29. The highest BCUT2D eigenvalue weighted by Crippen LogP contribution is 2.14. The Bertz CT molecular complexity index is 288. The molecule has 70 valence electrons. The largest absolute Gasteiger partial charge is 0.380 e. The van der Waals surface area contributed by atoms with E-state index in [0.29, 0.717) is 6.04 Å². The van der Waals surface area contributed by atoms with Crippen molar-refractivity contribution in [2.75, 3.05) is 18.4 Å². The number of aryl methyl sites for hydroxylation is 1. The van der Waals surface area contributed by atoms with Crippen LogP contribution in [0.25, 0.3) is 0 Å². The Morgan fingerprint density at radius 2 is 2.15 bits per heavy atom. The topological polar surface area (TPSA) is 24.1 Å². The van der Waals surface area contributed by atoms with Gasteiger partial charge in [-0.3, -0.25) is 0 Å². The highest BCUT2D eigenvalue weighted by atomic mass is 19.1. The summed E-state index contributed by atoms with van der Waals surface area (Å²) in [5.74, 6) is -0.171. The molecule has 0 amide bonds. The number of hydrogen-bond acceptors (Lipinski definition) is 2. The van der Waals surface area contributed by atoms with E-state index in [1.807, 2.05) is 13.0 Å². The van der Waals surface area contributed by atoms with Gasteiger partial charge in [0.25, 0.3) is 0 Å². The fourth-order valence-electron chi connectivity index (χ4n) is 1.45. The molecular formula is C10H13FN2. The van der Waals surface area contributed by atoms with Crippen molar-refractivity contribution in [1.82, 2.24) is 5.32 Å². The smallest absolute Gasteiger partial charge is 0.125 e. The zero-order valence-electron chi connectivity index (χ0n) is 7.60. The average Bonchev–Trinajstić information content (AvgIpc) is 1.95. The Labute approximate surface area is 77.2 Å². The Hall–Kier alpha value is -1.09. The van der Waals surface area contributed by atoms with Crippen LogP contribution in [0.15, 0.2) is 18.2 Å². The van der Waals surface area contributed by atoms with Gasteiger partial charge in [-0.05, 0) is 30.7 Å². The second-order valence-corrected chi connectivity index (χ2v) is 3.52. The zero-order valence-corrected chi connectivity index (χ0v) is 7.60. The predicted octanol–water partition coefficient (Wildman–Crippen LogP) is 1.52. The zero-order chi connectivity index (χ0) is 9.26. The molecule has 1 aromatic carbocycles. The van der Waals surface area contributed by atoms with Crippen molar-refractivity contribution in [2.45, 2.75) is 13.0 Å². The third-order valence-electron chi connectivity index (χ3n) is 2.19. The average molecular weight is 180 g/mol. The first kappa shape index (κ1) is 8.51. The molecule has 0 bridgehead atoms. The summed E-state index contributed by atoms with van der Waals surface area (Å²) >= 11 is 0. The van der Waals surface area contributed by atoms with Gasteiger partial charge in [0, 0.05) is 18.8 Å². The lowest BCUT2D eigenvalue weighted by atomic mass is 10.1. The molecule has 0 radical (unpaired) electrons. The minimum atomic E-state index is -0.171. The highest BCUT2D eigenvalue weighted by molar-refractivity contribution is 5.47. The van der Waals surface area contributed by atoms with Gasteiger partial charge < -0.3 is 10.6 Å². The molecule has 1 aliphatic rings. The molecule has 0 spiro atoms. The molecule has 0 atom stereocenters. The van der Waals surface area contributed by atoms with Crippen molar-refractivity contribution in [1.29, 1.82) is 0 Å². The number of rotatable bonds is 2. The summed E-state index contributed by atoms with van der Waals surface area (Å²) in [5, 5.41) is 6.41. The Morgan fingerprint density at radius 3 is 2.69 bits per heavy atom. The van der Waals surface area contributed by atoms with Crippen LogP contribution in [0, 0.1) is 12.7 Å². The van der Waals surface area contributed by atoms with Gasteiger partial charge in [0.1, 0.15) is 5.82 Å². The van der Waals surface area contributed by atoms with Crippen LogP contribution in [0.4, 0.5) is 10.1 Å². The lowest BCUT2D eigenvalue weighted by molar-refractivity contribution is 0.472. The van der Waals surface area contributed by atoms with Crippen molar-refractivity contribution in [3.8, 4) is 0 Å². The van der Waals surface area contributed by atoms with Crippen LogP contribution in [0.2, 0.25) is 0 Å². The third kappa shape index (κ3) is 1.98. The molecule has 0 aliphatic carbocycles. The standard InChI is InChI=1S/C10H13FN2/c1-7-2-8(11)4-9(3-7)13-10-5-12-6-10/h2-4,10,12-13H,5-6H2,1H3. The normalized spacial score (nSPS) is 16.8. The molecule has 13 heavy (non-hydrogen) atoms. The van der Waals surface area contributed by atoms with Crippen LogP contribution in [0.1, 0.15) is 5.56 Å². The number of nitrogens with one attached hydrogen (secondary N) is 2. The molecule has 2 rings (SSSR count). The summed E-state index contributed by atoms with van der Waals surface area (Å²) in [7, 11) is 0. The third-order valence-corrected chi connectivity index (χ3v) is 2.19. The molecule has 1 aliphatic heterocycles. The van der Waals surface area contributed by atoms with Crippen LogP contribution in [0.3, 0.4) is 0 Å². The predicted molar refractivity (Wildman–Crippen MR) is 51.4 cm³/mol. The first-order chi connectivity index (χ1) is 6.24. The Kier molecular flexibility index (Phi) is 2.19. The second kappa shape index (κ2) is 3.34. The van der Waals surface area contributed by atoms with Crippen molar-refractivity contribution in [3.05, 3.63) is 29.6 Å². The molecule has 3 heteroatoms. The molecule has 1 aromatic rings. The van der Waals surface area contributed by atoms with Gasteiger partial charge in [-0.2, -0.15) is 0 Å². The van der Waals surface area contributed by atoms with Crippen LogP contribution < -0.4 is 10.6 Å². The number of hydrogen-bond donors (Lipinski definition) is 2. The Balaban J connectivity index is 2.10. The van der Waals surface area contributed by atoms with Crippen LogP contribution in [0.5, 0.6) is 0 Å². The van der Waals surface area contributed by atoms with Crippen molar-refractivity contribution >= 4 is 5.69 Å². The van der Waals surface area contributed by atoms with E-state index in [9.17, 15) is 4.39 Å². The van der Waals surface area contributed by atoms with E-state index in [4.69, 9.17) is 0 Å². The molecule has 0 aromatic heterocycles. The minimum absolute atomic E-state index is 0.171. The van der Waals surface area contributed by atoms with Crippen LogP contribution >= 0.6 is 0 Å². The van der Waals surface area contributed by atoms with Crippen molar-refractivity contribution < 1.29 is 4.39 Å². The Morgan fingerprint density at radius 1 is 1.38 bits per heavy atom. The number of anilines is 1. The molecule has 1 saturated heterocycles. The van der Waals surface area contributed by atoms with E-state index in [1.165, 1.54) is 12.1 Å². The van der Waals surface area contributed by atoms with E-state index in [-0.39, 0.29) is 5.82 Å². The summed E-state index contributed by atoms with van der Waals surface area (Å²) in [6.45, 7) is 3.83. The first-order valence-corrected chi connectivity index (χ1v) is 4.48. The summed E-state index contributed by atoms with van der Waals surface area (Å²) in [6.07, 6.45) is 0. The van der Waals surface area contributed by atoms with E-state index in [2.05, 4.69) is 10.6 Å². The fourth-order valence-corrected chi connectivity index (χ4v) is 1.45. The quantitative estimate of drug-likeness (QED) is 0.721. The minimum Gasteiger partial charge on any atom is -0.380 e. The number of benzene rings is 1. The lowest BCUT2D eigenvalue weighted by Crippen LogP contribution is -2.51. The summed E-state index contributed by atoms with van der Waals surface area (Å²) < 4.78 is 12.9. The summed E-state index contributed by atoms with van der Waals surface area (Å²) in [6, 6.07) is 5.48. The van der Waals surface area contributed by atoms with Crippen molar-refractivity contribution in [3.63, 3.8) is 0 Å². The van der Waals surface area contributed by atoms with E-state index < -0.39 is 0 Å². The SMILES string of the molecule is Cc1cc(F)cc(NC2CNC2)c1. The molecular weight excluding hydrogens is 167 g/mol. The summed E-state index contributed by atoms with van der Waals surface area (Å²) in [4.78, 5) is 0. The molecule has 2 nitrogen and oxygen atoms in total. The van der Waals surface area contributed by atoms with E-state index in [0.717, 1.165) is 24.3 Å². The molecule has 1 heterocycles. The van der Waals surface area contributed by atoms with Gasteiger partial charge >= 0.3 is 0 Å². The van der Waals surface area contributed by atoms with E-state index >= 15 is 0 Å². The van der Waals surface area contributed by atoms with Crippen LogP contribution in [-0.2, 0) is 0 Å². The maximum atomic E-state index is 12.9. The molecule has 1 fully saturated rings. The second-order valence-electron chi connectivity index (χ2n) is 3.52. The van der Waals surface area contributed by atoms with Gasteiger partial charge in [0.15, 0.2) is 0 Å². The summed E-state index contributed by atoms with van der Waals surface area (Å²) in [5.41, 5.74) is 1.83. The van der Waals surface area contributed by atoms with E-state index in [1.54, 1.807) is 0 Å². The van der Waals surface area contributed by atoms with Gasteiger partial charge in [-0.1, -0.05) is 0 Å². The highest BCUT2D eigenvalue weighted by Gasteiger charge is 2.15. The van der Waals surface area contributed by atoms with Gasteiger partial charge in [0.05, 0.1) is 6.04 Å². The fraction of sp³-hybridized carbons (Fsp3) is 0.400. The molecule has 0 saturated carbocycles. The van der Waals surface area contributed by atoms with Gasteiger partial charge in [-0.15, -0.1) is 0 Å². The monoisotopic (exact) mass is 180 g/mol. The molecule has 2 N–H and O–H groups in total. The maximum absolute atomic E-state index is 12.9. The van der Waals surface area contributed by atoms with Crippen molar-refractivity contribution in [2.24, 2.45) is 0 Å². The van der Waals surface area contributed by atoms with Gasteiger partial charge in [-0.25, -0.2) is 4.39 Å². The first-order valence-electron chi connectivity index (χ1n) is 4.48. The number of halogens is 1. The molecule has 0 unspecified atom stereocenters.